The number of pyridine rings is 2. The van der Waals surface area contributed by atoms with Crippen molar-refractivity contribution in [2.45, 2.75) is 5.67 Å². The minimum absolute atomic E-state index is 0.0992. The van der Waals surface area contributed by atoms with E-state index >= 15 is 0 Å². The average molecular weight is 435 g/mol. The lowest BCUT2D eigenvalue weighted by Gasteiger charge is -2.41. The Hall–Kier alpha value is -3.71. The normalized spacial score (nSPS) is 17.7. The van der Waals surface area contributed by atoms with Gasteiger partial charge in [0.05, 0.1) is 13.3 Å². The fraction of sp³-hybridized carbons (Fsp3) is 0.364. The van der Waals surface area contributed by atoms with Crippen LogP contribution in [0.2, 0.25) is 0 Å². The number of nitrogens with zero attached hydrogens (tertiary/aromatic N) is 6. The van der Waals surface area contributed by atoms with Crippen molar-refractivity contribution in [3.63, 3.8) is 0 Å². The van der Waals surface area contributed by atoms with Crippen LogP contribution >= 0.6 is 0 Å². The van der Waals surface area contributed by atoms with Gasteiger partial charge < -0.3 is 19.9 Å². The second-order valence-corrected chi connectivity index (χ2v) is 8.01. The largest absolute Gasteiger partial charge is 0.494 e. The summed E-state index contributed by atoms with van der Waals surface area (Å²) in [6.45, 7) is 2.35. The van der Waals surface area contributed by atoms with Gasteiger partial charge in [0.2, 0.25) is 5.67 Å². The Morgan fingerprint density at radius 2 is 2.00 bits per heavy atom. The van der Waals surface area contributed by atoms with Crippen LogP contribution < -0.4 is 15.0 Å². The van der Waals surface area contributed by atoms with Crippen LogP contribution in [-0.4, -0.2) is 77.5 Å². The minimum Gasteiger partial charge on any atom is -0.494 e. The third-order valence-electron chi connectivity index (χ3n) is 6.08. The quantitative estimate of drug-likeness (QED) is 0.658. The standard InChI is InChI=1S/C22H22FN7O2/c1-32-18-8-16(12-30-20(18)17(9-24)11-27-30)15-2-3-19(26-10-15)28-4-6-29(7-5-28)21(31)22(23)13-25-14-22/h2-3,8,10-12,25H,4-7,13-14H2,1H3. The summed E-state index contributed by atoms with van der Waals surface area (Å²) in [5, 5.41) is 16.3. The van der Waals surface area contributed by atoms with Crippen LogP contribution in [0.1, 0.15) is 5.56 Å². The number of nitrogens with one attached hydrogen (secondary N) is 1. The van der Waals surface area contributed by atoms with E-state index in [1.807, 2.05) is 24.4 Å². The van der Waals surface area contributed by atoms with Crippen molar-refractivity contribution in [3.8, 4) is 22.9 Å². The number of carbonyl (C=O) groups is 1. The van der Waals surface area contributed by atoms with E-state index in [9.17, 15) is 14.4 Å². The molecule has 5 rings (SSSR count). The summed E-state index contributed by atoms with van der Waals surface area (Å²) in [4.78, 5) is 20.6. The fourth-order valence-corrected chi connectivity index (χ4v) is 4.14. The van der Waals surface area contributed by atoms with E-state index in [-0.39, 0.29) is 13.1 Å². The first-order valence-electron chi connectivity index (χ1n) is 10.4. The van der Waals surface area contributed by atoms with Gasteiger partial charge in [0.25, 0.3) is 5.91 Å². The van der Waals surface area contributed by atoms with Gasteiger partial charge in [0, 0.05) is 62.8 Å². The first-order chi connectivity index (χ1) is 15.5. The van der Waals surface area contributed by atoms with Crippen LogP contribution in [0.15, 0.2) is 36.8 Å². The summed E-state index contributed by atoms with van der Waals surface area (Å²) >= 11 is 0. The van der Waals surface area contributed by atoms with Crippen LogP contribution in [0, 0.1) is 11.3 Å². The van der Waals surface area contributed by atoms with Crippen LogP contribution in [0.25, 0.3) is 16.6 Å². The van der Waals surface area contributed by atoms with E-state index in [4.69, 9.17) is 4.74 Å². The first-order valence-corrected chi connectivity index (χ1v) is 10.4. The predicted molar refractivity (Wildman–Crippen MR) is 115 cm³/mol. The van der Waals surface area contributed by atoms with Gasteiger partial charge in [-0.05, 0) is 18.2 Å². The van der Waals surface area contributed by atoms with Crippen LogP contribution in [0.4, 0.5) is 10.2 Å². The number of amides is 1. The monoisotopic (exact) mass is 435 g/mol. The molecule has 0 spiro atoms. The minimum atomic E-state index is -1.74. The maximum Gasteiger partial charge on any atom is 0.263 e. The maximum atomic E-state index is 14.4. The van der Waals surface area contributed by atoms with Gasteiger partial charge in [-0.15, -0.1) is 0 Å². The Morgan fingerprint density at radius 3 is 2.59 bits per heavy atom. The fourth-order valence-electron chi connectivity index (χ4n) is 4.14. The van der Waals surface area contributed by atoms with Gasteiger partial charge in [0.15, 0.2) is 0 Å². The first kappa shape index (κ1) is 20.2. The molecule has 0 atom stereocenters. The van der Waals surface area contributed by atoms with Crippen molar-refractivity contribution in [1.82, 2.24) is 24.8 Å². The van der Waals surface area contributed by atoms with E-state index in [0.717, 1.165) is 16.9 Å². The number of anilines is 1. The molecule has 0 bridgehead atoms. The Bertz CT molecular complexity index is 1210. The molecular weight excluding hydrogens is 413 g/mol. The van der Waals surface area contributed by atoms with Crippen molar-refractivity contribution in [2.24, 2.45) is 0 Å². The van der Waals surface area contributed by atoms with E-state index < -0.39 is 11.6 Å². The third-order valence-corrected chi connectivity index (χ3v) is 6.08. The molecule has 3 aromatic heterocycles. The van der Waals surface area contributed by atoms with Crippen LogP contribution in [0.5, 0.6) is 5.75 Å². The highest BCUT2D eigenvalue weighted by atomic mass is 19.1. The second kappa shape index (κ2) is 7.76. The summed E-state index contributed by atoms with van der Waals surface area (Å²) < 4.78 is 21.5. The number of fused-ring (bicyclic) bond motifs is 1. The number of piperazine rings is 1. The zero-order valence-electron chi connectivity index (χ0n) is 17.6. The Balaban J connectivity index is 1.31. The molecule has 2 aliphatic heterocycles. The molecule has 0 unspecified atom stereocenters. The number of hydrogen-bond donors (Lipinski definition) is 1. The van der Waals surface area contributed by atoms with Crippen molar-refractivity contribution in [3.05, 3.63) is 42.4 Å². The van der Waals surface area contributed by atoms with Gasteiger partial charge >= 0.3 is 0 Å². The number of nitriles is 1. The molecule has 2 aliphatic rings. The molecule has 3 aromatic rings. The molecule has 0 saturated carbocycles. The molecule has 0 aromatic carbocycles. The highest BCUT2D eigenvalue weighted by Gasteiger charge is 2.47. The molecule has 2 fully saturated rings. The zero-order chi connectivity index (χ0) is 22.3. The van der Waals surface area contributed by atoms with Crippen LogP contribution in [0.3, 0.4) is 0 Å². The van der Waals surface area contributed by atoms with Gasteiger partial charge in [-0.3, -0.25) is 4.79 Å². The number of carbonyl (C=O) groups excluding carboxylic acids is 1. The van der Waals surface area contributed by atoms with Crippen molar-refractivity contribution >= 4 is 17.2 Å². The summed E-state index contributed by atoms with van der Waals surface area (Å²) in [6.07, 6.45) is 5.13. The number of ether oxygens (including phenoxy) is 1. The highest BCUT2D eigenvalue weighted by Crippen LogP contribution is 2.30. The molecule has 1 amide bonds. The van der Waals surface area contributed by atoms with Gasteiger partial charge in [-0.2, -0.15) is 10.4 Å². The molecule has 2 saturated heterocycles. The lowest BCUT2D eigenvalue weighted by atomic mass is 9.97. The number of methoxy groups -OCH3 is 1. The molecule has 32 heavy (non-hydrogen) atoms. The predicted octanol–water partition coefficient (Wildman–Crippen LogP) is 1.24. The molecular formula is C22H22FN7O2. The number of alkyl halides is 1. The Kier molecular flexibility index (Phi) is 4.90. The molecule has 0 aliphatic carbocycles. The number of rotatable bonds is 4. The third kappa shape index (κ3) is 3.31. The van der Waals surface area contributed by atoms with Crippen molar-refractivity contribution in [2.75, 3.05) is 51.3 Å². The van der Waals surface area contributed by atoms with Crippen molar-refractivity contribution < 1.29 is 13.9 Å². The van der Waals surface area contributed by atoms with E-state index in [1.165, 1.54) is 6.20 Å². The topological polar surface area (TPSA) is 98.8 Å². The molecule has 0 radical (unpaired) electrons. The molecule has 9 nitrogen and oxygen atoms in total. The Labute approximate surface area is 184 Å². The van der Waals surface area contributed by atoms with Crippen LogP contribution in [-0.2, 0) is 4.79 Å². The maximum absolute atomic E-state index is 14.4. The zero-order valence-corrected chi connectivity index (χ0v) is 17.6. The molecule has 10 heteroatoms. The number of halogens is 1. The number of aromatic nitrogens is 3. The van der Waals surface area contributed by atoms with E-state index in [0.29, 0.717) is 43.0 Å². The average Bonchev–Trinajstić information content (AvgIpc) is 3.25. The van der Waals surface area contributed by atoms with E-state index in [1.54, 1.807) is 22.7 Å². The lowest BCUT2D eigenvalue weighted by Crippen LogP contribution is -2.66. The van der Waals surface area contributed by atoms with Gasteiger partial charge in [0.1, 0.15) is 28.7 Å². The van der Waals surface area contributed by atoms with Gasteiger partial charge in [-0.25, -0.2) is 13.9 Å². The summed E-state index contributed by atoms with van der Waals surface area (Å²) in [6, 6.07) is 7.88. The van der Waals surface area contributed by atoms with E-state index in [2.05, 4.69) is 26.4 Å². The molecule has 164 valence electrons. The number of hydrogen-bond acceptors (Lipinski definition) is 7. The summed E-state index contributed by atoms with van der Waals surface area (Å²) in [7, 11) is 1.56. The lowest BCUT2D eigenvalue weighted by molar-refractivity contribution is -0.147. The Morgan fingerprint density at radius 1 is 1.22 bits per heavy atom. The van der Waals surface area contributed by atoms with Gasteiger partial charge in [-0.1, -0.05) is 0 Å². The summed E-state index contributed by atoms with van der Waals surface area (Å²) in [5.74, 6) is 0.954. The van der Waals surface area contributed by atoms with Crippen molar-refractivity contribution in [1.29, 1.82) is 5.26 Å². The highest BCUT2D eigenvalue weighted by molar-refractivity contribution is 5.87. The molecule has 1 N–H and O–H groups in total. The summed E-state index contributed by atoms with van der Waals surface area (Å²) in [5.41, 5.74) is 1.08. The second-order valence-electron chi connectivity index (χ2n) is 8.01. The molecule has 5 heterocycles. The SMILES string of the molecule is COc1cc(-c2ccc(N3CCN(C(=O)C4(F)CNC4)CC3)nc2)cn2ncc(C#N)c12. The smallest absolute Gasteiger partial charge is 0.263 e.